The second-order valence-electron chi connectivity index (χ2n) is 7.39. The van der Waals surface area contributed by atoms with Crippen LogP contribution in [0.25, 0.3) is 0 Å². The molecule has 0 aliphatic carbocycles. The largest absolute Gasteiger partial charge is 0.364 e. The molecule has 1 aromatic heterocycles. The highest BCUT2D eigenvalue weighted by molar-refractivity contribution is 7.71. The van der Waals surface area contributed by atoms with E-state index in [4.69, 9.17) is 17.0 Å². The normalized spacial score (nSPS) is 16.7. The van der Waals surface area contributed by atoms with E-state index in [1.165, 1.54) is 0 Å². The van der Waals surface area contributed by atoms with Crippen LogP contribution >= 0.6 is 12.2 Å². The van der Waals surface area contributed by atoms with Crippen molar-refractivity contribution < 1.29 is 9.53 Å². The molecule has 3 rings (SSSR count). The molecule has 1 fully saturated rings. The van der Waals surface area contributed by atoms with Crippen LogP contribution in [0.4, 0.5) is 0 Å². The number of amides is 1. The van der Waals surface area contributed by atoms with E-state index in [9.17, 15) is 4.79 Å². The van der Waals surface area contributed by atoms with E-state index in [0.29, 0.717) is 17.3 Å². The van der Waals surface area contributed by atoms with Crippen LogP contribution in [0.15, 0.2) is 30.3 Å². The molecule has 1 aliphatic rings. The van der Waals surface area contributed by atoms with Gasteiger partial charge in [-0.05, 0) is 51.4 Å². The molecule has 1 saturated heterocycles. The van der Waals surface area contributed by atoms with Crippen molar-refractivity contribution in [1.82, 2.24) is 19.7 Å². The number of H-pyrrole nitrogens is 1. The first-order chi connectivity index (χ1) is 13.0. The molecule has 1 amide bonds. The highest BCUT2D eigenvalue weighted by atomic mass is 32.1. The monoisotopic (exact) mass is 388 g/mol. The van der Waals surface area contributed by atoms with Crippen molar-refractivity contribution in [2.75, 3.05) is 13.1 Å². The van der Waals surface area contributed by atoms with Crippen molar-refractivity contribution in [2.45, 2.75) is 58.3 Å². The average Bonchev–Trinajstić information content (AvgIpc) is 3.08. The van der Waals surface area contributed by atoms with Crippen LogP contribution in [-0.2, 0) is 16.1 Å². The lowest BCUT2D eigenvalue weighted by Crippen LogP contribution is -2.43. The molecule has 1 aromatic carbocycles. The topological polar surface area (TPSA) is 63.1 Å². The van der Waals surface area contributed by atoms with E-state index in [1.54, 1.807) is 0 Å². The molecule has 6 nitrogen and oxygen atoms in total. The number of likely N-dealkylation sites (tertiary alicyclic amines) is 1. The van der Waals surface area contributed by atoms with E-state index in [0.717, 1.165) is 37.3 Å². The summed E-state index contributed by atoms with van der Waals surface area (Å²) in [6, 6.07) is 10.2. The number of nitrogens with zero attached hydrogens (tertiary/aromatic N) is 3. The Bertz CT molecular complexity index is 807. The Hall–Kier alpha value is -1.99. The van der Waals surface area contributed by atoms with Gasteiger partial charge < -0.3 is 14.2 Å². The van der Waals surface area contributed by atoms with Crippen molar-refractivity contribution in [3.05, 3.63) is 46.5 Å². The summed E-state index contributed by atoms with van der Waals surface area (Å²) >= 11 is 5.35. The summed E-state index contributed by atoms with van der Waals surface area (Å²) in [4.78, 5) is 14.6. The van der Waals surface area contributed by atoms with Crippen LogP contribution in [0, 0.1) is 4.77 Å². The van der Waals surface area contributed by atoms with Crippen LogP contribution in [0.1, 0.15) is 57.0 Å². The second-order valence-corrected chi connectivity index (χ2v) is 7.78. The Labute approximate surface area is 165 Å². The lowest BCUT2D eigenvalue weighted by Gasteiger charge is -2.33. The fourth-order valence-corrected chi connectivity index (χ4v) is 3.94. The summed E-state index contributed by atoms with van der Waals surface area (Å²) in [5.74, 6) is 1.40. The number of carbonyl (C=O) groups excluding carboxylic acids is 1. The molecule has 1 aliphatic heterocycles. The number of hydrogen-bond acceptors (Lipinski definition) is 4. The highest BCUT2D eigenvalue weighted by Gasteiger charge is 2.29. The van der Waals surface area contributed by atoms with Gasteiger partial charge in [0.2, 0.25) is 0 Å². The number of aromatic nitrogens is 3. The number of hydrogen-bond donors (Lipinski definition) is 1. The summed E-state index contributed by atoms with van der Waals surface area (Å²) in [5, 5.41) is 7.36. The highest BCUT2D eigenvalue weighted by Crippen LogP contribution is 2.28. The zero-order chi connectivity index (χ0) is 19.4. The van der Waals surface area contributed by atoms with Gasteiger partial charge >= 0.3 is 0 Å². The van der Waals surface area contributed by atoms with Crippen LogP contribution < -0.4 is 0 Å². The Kier molecular flexibility index (Phi) is 6.44. The molecule has 1 unspecified atom stereocenters. The molecule has 2 aromatic rings. The Morgan fingerprint density at radius 3 is 2.56 bits per heavy atom. The van der Waals surface area contributed by atoms with Gasteiger partial charge in [-0.1, -0.05) is 30.3 Å². The number of nitrogens with one attached hydrogen (secondary N) is 1. The summed E-state index contributed by atoms with van der Waals surface area (Å²) in [6.45, 7) is 7.95. The molecule has 0 saturated carbocycles. The van der Waals surface area contributed by atoms with Gasteiger partial charge in [0, 0.05) is 25.0 Å². The fraction of sp³-hybridized carbons (Fsp3) is 0.550. The summed E-state index contributed by atoms with van der Waals surface area (Å²) in [6.07, 6.45) is 1.35. The average molecular weight is 389 g/mol. The van der Waals surface area contributed by atoms with Gasteiger partial charge in [-0.25, -0.2) is 0 Å². The predicted molar refractivity (Wildman–Crippen MR) is 107 cm³/mol. The molecule has 146 valence electrons. The Balaban J connectivity index is 1.54. The third kappa shape index (κ3) is 4.65. The Morgan fingerprint density at radius 2 is 1.93 bits per heavy atom. The lowest BCUT2D eigenvalue weighted by molar-refractivity contribution is -0.144. The quantitative estimate of drug-likeness (QED) is 0.764. The minimum atomic E-state index is -0.438. The van der Waals surface area contributed by atoms with Crippen LogP contribution in [0.3, 0.4) is 0 Å². The van der Waals surface area contributed by atoms with Crippen LogP contribution in [0.2, 0.25) is 0 Å². The number of piperidine rings is 1. The molecule has 0 spiro atoms. The van der Waals surface area contributed by atoms with Gasteiger partial charge in [0.1, 0.15) is 11.9 Å². The molecule has 0 radical (unpaired) electrons. The molecule has 1 atom stereocenters. The maximum absolute atomic E-state index is 12.7. The molecule has 0 bridgehead atoms. The van der Waals surface area contributed by atoms with Gasteiger partial charge in [-0.2, -0.15) is 5.10 Å². The van der Waals surface area contributed by atoms with E-state index in [1.807, 2.05) is 42.2 Å². The minimum Gasteiger partial charge on any atom is -0.364 e. The van der Waals surface area contributed by atoms with E-state index in [2.05, 4.69) is 28.6 Å². The first kappa shape index (κ1) is 19.8. The van der Waals surface area contributed by atoms with Crippen molar-refractivity contribution in [2.24, 2.45) is 0 Å². The predicted octanol–water partition coefficient (Wildman–Crippen LogP) is 3.83. The van der Waals surface area contributed by atoms with Gasteiger partial charge in [0.25, 0.3) is 5.91 Å². The lowest BCUT2D eigenvalue weighted by atomic mass is 9.95. The third-order valence-corrected chi connectivity index (χ3v) is 5.40. The van der Waals surface area contributed by atoms with Crippen molar-refractivity contribution in [3.8, 4) is 0 Å². The molecular formula is C20H28N4O2S. The summed E-state index contributed by atoms with van der Waals surface area (Å²) < 4.78 is 8.54. The van der Waals surface area contributed by atoms with E-state index < -0.39 is 6.10 Å². The third-order valence-electron chi connectivity index (χ3n) is 5.11. The first-order valence-corrected chi connectivity index (χ1v) is 9.99. The van der Waals surface area contributed by atoms with Gasteiger partial charge in [0.15, 0.2) is 4.77 Å². The Morgan fingerprint density at radius 1 is 1.26 bits per heavy atom. The number of benzene rings is 1. The molecule has 27 heavy (non-hydrogen) atoms. The van der Waals surface area contributed by atoms with Crippen molar-refractivity contribution in [1.29, 1.82) is 0 Å². The maximum Gasteiger partial charge on any atom is 0.251 e. The van der Waals surface area contributed by atoms with Gasteiger partial charge in [-0.15, -0.1) is 0 Å². The van der Waals surface area contributed by atoms with E-state index in [-0.39, 0.29) is 11.9 Å². The van der Waals surface area contributed by atoms with Gasteiger partial charge in [-0.3, -0.25) is 9.89 Å². The second kappa shape index (κ2) is 8.80. The zero-order valence-electron chi connectivity index (χ0n) is 16.2. The number of rotatable bonds is 6. The smallest absolute Gasteiger partial charge is 0.251 e. The van der Waals surface area contributed by atoms with Crippen LogP contribution in [0.5, 0.6) is 0 Å². The number of ether oxygens (including phenoxy) is 1. The molecule has 7 heteroatoms. The maximum atomic E-state index is 12.7. The van der Waals surface area contributed by atoms with Gasteiger partial charge in [0.05, 0.1) is 6.61 Å². The SMILES string of the molecule is CC(OCc1ccccc1)C(=O)N1CCC(c2n[nH]c(=S)n2C(C)C)CC1. The van der Waals surface area contributed by atoms with Crippen molar-refractivity contribution in [3.63, 3.8) is 0 Å². The number of carbonyl (C=O) groups is 1. The van der Waals surface area contributed by atoms with Crippen LogP contribution in [-0.4, -0.2) is 44.8 Å². The molecule has 2 heterocycles. The minimum absolute atomic E-state index is 0.0621. The zero-order valence-corrected chi connectivity index (χ0v) is 17.0. The van der Waals surface area contributed by atoms with Crippen molar-refractivity contribution >= 4 is 18.1 Å². The summed E-state index contributed by atoms with van der Waals surface area (Å²) in [7, 11) is 0. The molecule has 1 N–H and O–H groups in total. The summed E-state index contributed by atoms with van der Waals surface area (Å²) in [5.41, 5.74) is 1.08. The fourth-order valence-electron chi connectivity index (χ4n) is 3.59. The first-order valence-electron chi connectivity index (χ1n) is 9.58. The van der Waals surface area contributed by atoms with E-state index >= 15 is 0 Å². The molecular weight excluding hydrogens is 360 g/mol. The standard InChI is InChI=1S/C20H28N4O2S/c1-14(2)24-18(21-22-20(24)27)17-9-11-23(12-10-17)19(25)15(3)26-13-16-7-5-4-6-8-16/h4-8,14-15,17H,9-13H2,1-3H3,(H,22,27). The number of aromatic amines is 1.